The highest BCUT2D eigenvalue weighted by atomic mass is 16.4. The van der Waals surface area contributed by atoms with Gasteiger partial charge in [-0.3, -0.25) is 14.6 Å². The number of amides is 1. The van der Waals surface area contributed by atoms with Gasteiger partial charge in [-0.05, 0) is 19.5 Å². The summed E-state index contributed by atoms with van der Waals surface area (Å²) in [6.45, 7) is 5.48. The fourth-order valence-corrected chi connectivity index (χ4v) is 4.81. The zero-order valence-electron chi connectivity index (χ0n) is 23.2. The number of carbonyl (C=O) groups excluding carboxylic acids is 1. The molecule has 3 aliphatic heterocycles. The molecular weight excluding hydrogens is 554 g/mol. The molecule has 0 aliphatic carbocycles. The molecule has 1 amide bonds. The van der Waals surface area contributed by atoms with Crippen molar-refractivity contribution >= 4 is 11.9 Å². The van der Waals surface area contributed by atoms with E-state index in [0.717, 1.165) is 19.4 Å². The van der Waals surface area contributed by atoms with Gasteiger partial charge in [0.05, 0.1) is 37.5 Å². The van der Waals surface area contributed by atoms with Crippen LogP contribution in [-0.2, 0) is 9.59 Å². The zero-order chi connectivity index (χ0) is 31.6. The van der Waals surface area contributed by atoms with Crippen molar-refractivity contribution in [3.63, 3.8) is 0 Å². The topological polar surface area (TPSA) is 295 Å². The van der Waals surface area contributed by atoms with Gasteiger partial charge in [0, 0.05) is 13.1 Å². The Morgan fingerprint density at radius 2 is 1.22 bits per heavy atom. The quantitative estimate of drug-likeness (QED) is 0.129. The predicted octanol–water partition coefficient (Wildman–Crippen LogP) is -7.04. The molecule has 17 heteroatoms. The summed E-state index contributed by atoms with van der Waals surface area (Å²) in [6.07, 6.45) is -9.61. The molecule has 0 spiro atoms. The maximum Gasteiger partial charge on any atom is 0.329 e. The van der Waals surface area contributed by atoms with E-state index in [-0.39, 0.29) is 13.2 Å². The highest BCUT2D eigenvalue weighted by molar-refractivity contribution is 5.88. The van der Waals surface area contributed by atoms with Gasteiger partial charge >= 0.3 is 5.97 Å². The van der Waals surface area contributed by atoms with Crippen LogP contribution in [-0.4, -0.2) is 195 Å². The lowest BCUT2D eigenvalue weighted by Crippen LogP contribution is -2.65. The fraction of sp³-hybridized carbons (Fsp3) is 0.917. The Hall–Kier alpha value is -1.58. The van der Waals surface area contributed by atoms with Crippen molar-refractivity contribution in [3.8, 4) is 0 Å². The molecule has 0 unspecified atom stereocenters. The van der Waals surface area contributed by atoms with E-state index in [1.54, 1.807) is 4.90 Å². The fourth-order valence-electron chi connectivity index (χ4n) is 4.81. The summed E-state index contributed by atoms with van der Waals surface area (Å²) < 4.78 is 0. The number of carboxylic acid groups (broad SMARTS) is 1. The minimum absolute atomic E-state index is 0.200. The van der Waals surface area contributed by atoms with Crippen LogP contribution in [0.25, 0.3) is 0 Å². The molecule has 3 rings (SSSR count). The standard InChI is InChI=1S/C10H21NO4.C8H17NO4.C6H9NO6/c1-2-3-4-11-5-8(13)10(15)9(14)7(11)6-12;1-2-9-3-6(11)8(13)7(12)5(9)4-10;8-2-1(6(12)13)7-5(11)4(10)3(2)9/h7-10,12-15H,2-6H2,1H3;5-8,10-13H,2-4H2,1H3;1-4,8-10H,(H,7,11)(H,12,13)/t7-,8+,9-,10-;5-,6+,7-,8-;1-,2+,3-,4+/m110/s1. The van der Waals surface area contributed by atoms with Gasteiger partial charge in [0.25, 0.3) is 5.91 Å². The number of unbranched alkanes of at least 4 members (excludes halogenated alkanes) is 1. The number of rotatable bonds is 7. The number of likely N-dealkylation sites (tertiary alicyclic amines) is 2. The zero-order valence-corrected chi connectivity index (χ0v) is 23.2. The van der Waals surface area contributed by atoms with E-state index in [1.807, 2.05) is 17.1 Å². The van der Waals surface area contributed by atoms with Gasteiger partial charge in [-0.15, -0.1) is 0 Å². The molecule has 0 saturated carbocycles. The second-order valence-electron chi connectivity index (χ2n) is 10.3. The Morgan fingerprint density at radius 1 is 0.756 bits per heavy atom. The molecule has 12 atom stereocenters. The molecule has 0 aromatic rings. The molecule has 17 nitrogen and oxygen atoms in total. The van der Waals surface area contributed by atoms with E-state index < -0.39 is 84.9 Å². The van der Waals surface area contributed by atoms with Crippen LogP contribution in [0.2, 0.25) is 0 Å². The Balaban J connectivity index is 0.000000309. The molecule has 242 valence electrons. The monoisotopic (exact) mass is 601 g/mol. The lowest BCUT2D eigenvalue weighted by Gasteiger charge is -2.43. The number of aliphatic carboxylic acids is 1. The number of nitrogens with zero attached hydrogens (tertiary/aromatic N) is 2. The van der Waals surface area contributed by atoms with E-state index >= 15 is 0 Å². The van der Waals surface area contributed by atoms with Gasteiger partial charge in [-0.2, -0.15) is 0 Å². The van der Waals surface area contributed by atoms with Crippen LogP contribution in [0.3, 0.4) is 0 Å². The number of β-amino-alcohol motifs (C(OH)–C–C–N with tert-alkyl or cyclic N) is 2. The Bertz CT molecular complexity index is 795. The summed E-state index contributed by atoms with van der Waals surface area (Å²) in [5.41, 5.74) is 0. The number of likely N-dealkylation sites (N-methyl/N-ethyl adjacent to an activating group) is 1. The Kier molecular flexibility index (Phi) is 16.0. The van der Waals surface area contributed by atoms with Crippen LogP contribution < -0.4 is 5.32 Å². The highest BCUT2D eigenvalue weighted by Crippen LogP contribution is 2.20. The molecule has 41 heavy (non-hydrogen) atoms. The average Bonchev–Trinajstić information content (AvgIpc) is 2.94. The van der Waals surface area contributed by atoms with Crippen molar-refractivity contribution in [2.45, 2.75) is 99.8 Å². The average molecular weight is 602 g/mol. The van der Waals surface area contributed by atoms with E-state index in [2.05, 4.69) is 6.92 Å². The van der Waals surface area contributed by atoms with Crippen molar-refractivity contribution in [1.82, 2.24) is 15.1 Å². The summed E-state index contributed by atoms with van der Waals surface area (Å²) in [6, 6.07) is -2.51. The van der Waals surface area contributed by atoms with E-state index in [9.17, 15) is 40.2 Å². The summed E-state index contributed by atoms with van der Waals surface area (Å²) >= 11 is 0. The van der Waals surface area contributed by atoms with Crippen molar-refractivity contribution in [2.75, 3.05) is 39.4 Å². The van der Waals surface area contributed by atoms with Gasteiger partial charge in [-0.25, -0.2) is 4.79 Å². The first-order valence-corrected chi connectivity index (χ1v) is 13.5. The van der Waals surface area contributed by atoms with Crippen LogP contribution in [0.1, 0.15) is 26.7 Å². The predicted molar refractivity (Wildman–Crippen MR) is 139 cm³/mol. The molecule has 3 aliphatic rings. The largest absolute Gasteiger partial charge is 0.480 e. The van der Waals surface area contributed by atoms with Crippen LogP contribution >= 0.6 is 0 Å². The third-order valence-corrected chi connectivity index (χ3v) is 7.48. The summed E-state index contributed by atoms with van der Waals surface area (Å²) in [5, 5.41) is 112. The van der Waals surface area contributed by atoms with E-state index in [4.69, 9.17) is 30.6 Å². The minimum atomic E-state index is -1.79. The third kappa shape index (κ3) is 9.72. The highest BCUT2D eigenvalue weighted by Gasteiger charge is 2.45. The normalized spacial score (nSPS) is 40.0. The Labute approximate surface area is 237 Å². The van der Waals surface area contributed by atoms with Crippen LogP contribution in [0.15, 0.2) is 0 Å². The number of hydrogen-bond acceptors (Lipinski definition) is 15. The van der Waals surface area contributed by atoms with Gasteiger partial charge in [0.2, 0.25) is 0 Å². The van der Waals surface area contributed by atoms with Crippen molar-refractivity contribution < 1.29 is 70.9 Å². The van der Waals surface area contributed by atoms with E-state index in [1.165, 1.54) is 0 Å². The number of aliphatic hydroxyl groups is 11. The lowest BCUT2D eigenvalue weighted by atomic mass is 9.94. The second kappa shape index (κ2) is 17.5. The van der Waals surface area contributed by atoms with Crippen molar-refractivity contribution in [2.24, 2.45) is 0 Å². The van der Waals surface area contributed by atoms with Gasteiger partial charge in [0.1, 0.15) is 36.6 Å². The first-order chi connectivity index (χ1) is 19.2. The van der Waals surface area contributed by atoms with E-state index in [0.29, 0.717) is 19.6 Å². The van der Waals surface area contributed by atoms with Crippen LogP contribution in [0, 0.1) is 0 Å². The first-order valence-electron chi connectivity index (χ1n) is 13.5. The minimum Gasteiger partial charge on any atom is -0.480 e. The molecule has 0 aromatic carbocycles. The lowest BCUT2D eigenvalue weighted by molar-refractivity contribution is -0.165. The van der Waals surface area contributed by atoms with Gasteiger partial charge in [-0.1, -0.05) is 20.3 Å². The SMILES string of the molecule is CCCCN1C[C@H](O)[C@@H](O)[C@H](O)[C@H]1CO.CCN1C[C@H](O)[C@@H](O)[C@H](O)[C@H]1CO.O=C(O)[C@H]1NC(=O)[C@H](O)[C@@H](O)[C@@H]1O. The van der Waals surface area contributed by atoms with Gasteiger partial charge < -0.3 is 66.6 Å². The maximum absolute atomic E-state index is 10.8. The van der Waals surface area contributed by atoms with Crippen molar-refractivity contribution in [3.05, 3.63) is 0 Å². The molecular formula is C24H47N3O14. The number of aliphatic hydroxyl groups excluding tert-OH is 11. The molecule has 3 heterocycles. The summed E-state index contributed by atoms with van der Waals surface area (Å²) in [7, 11) is 0. The van der Waals surface area contributed by atoms with Crippen molar-refractivity contribution in [1.29, 1.82) is 0 Å². The van der Waals surface area contributed by atoms with Crippen LogP contribution in [0.5, 0.6) is 0 Å². The number of hydrogen-bond donors (Lipinski definition) is 13. The number of nitrogens with one attached hydrogen (secondary N) is 1. The number of carbonyl (C=O) groups is 2. The molecule has 0 aromatic heterocycles. The number of carboxylic acids is 1. The molecule has 13 N–H and O–H groups in total. The first kappa shape index (κ1) is 37.4. The maximum atomic E-state index is 10.8. The third-order valence-electron chi connectivity index (χ3n) is 7.48. The summed E-state index contributed by atoms with van der Waals surface area (Å²) in [4.78, 5) is 24.8. The molecule has 3 fully saturated rings. The smallest absolute Gasteiger partial charge is 0.329 e. The second-order valence-corrected chi connectivity index (χ2v) is 10.3. The molecule has 0 radical (unpaired) electrons. The van der Waals surface area contributed by atoms with Crippen LogP contribution in [0.4, 0.5) is 0 Å². The summed E-state index contributed by atoms with van der Waals surface area (Å²) in [5.74, 6) is -2.47. The number of piperidine rings is 3. The Morgan fingerprint density at radius 3 is 1.63 bits per heavy atom. The molecule has 0 bridgehead atoms. The van der Waals surface area contributed by atoms with Gasteiger partial charge in [0.15, 0.2) is 12.1 Å². The molecule has 3 saturated heterocycles.